The number of ether oxygens (including phenoxy) is 1. The Morgan fingerprint density at radius 3 is 2.36 bits per heavy atom. The number of alkyl halides is 3. The molecule has 282 valence electrons. The summed E-state index contributed by atoms with van der Waals surface area (Å²) in [6.45, 7) is 4.68. The summed E-state index contributed by atoms with van der Waals surface area (Å²) >= 11 is 2.87. The first-order valence-electron chi connectivity index (χ1n) is 15.7. The number of carboxylic acids is 1. The van der Waals surface area contributed by atoms with E-state index in [9.17, 15) is 52.2 Å². The summed E-state index contributed by atoms with van der Waals surface area (Å²) in [5.74, 6) is -4.38. The summed E-state index contributed by atoms with van der Waals surface area (Å²) in [5.41, 5.74) is -0.937. The first-order chi connectivity index (χ1) is 24.9. The number of rotatable bonds is 12. The minimum atomic E-state index is -4.70. The second kappa shape index (κ2) is 16.5. The molecule has 0 bridgehead atoms. The maximum atomic E-state index is 14.0. The van der Waals surface area contributed by atoms with Crippen LogP contribution in [0.5, 0.6) is 0 Å². The number of carbonyl (C=O) groups is 5. The summed E-state index contributed by atoms with van der Waals surface area (Å²) in [6, 6.07) is 8.08. The number of nitrogens with zero attached hydrogens (tertiary/aromatic N) is 4. The van der Waals surface area contributed by atoms with Gasteiger partial charge in [0.15, 0.2) is 11.9 Å². The van der Waals surface area contributed by atoms with Crippen LogP contribution in [0, 0.1) is 0 Å². The fourth-order valence-corrected chi connectivity index (χ4v) is 5.79. The van der Waals surface area contributed by atoms with Crippen LogP contribution in [-0.4, -0.2) is 103 Å². The van der Waals surface area contributed by atoms with Crippen molar-refractivity contribution in [1.82, 2.24) is 19.4 Å². The third kappa shape index (κ3) is 8.98. The lowest BCUT2D eigenvalue weighted by molar-refractivity contribution is -0.157. The highest BCUT2D eigenvalue weighted by Gasteiger charge is 2.36. The molecule has 4 N–H and O–H groups in total. The predicted octanol–water partition coefficient (Wildman–Crippen LogP) is 3.17. The second-order valence-electron chi connectivity index (χ2n) is 11.8. The summed E-state index contributed by atoms with van der Waals surface area (Å²) < 4.78 is 46.5. The zero-order valence-corrected chi connectivity index (χ0v) is 29.7. The number of imide groups is 1. The van der Waals surface area contributed by atoms with E-state index >= 15 is 0 Å². The van der Waals surface area contributed by atoms with Gasteiger partial charge in [-0.2, -0.15) is 13.2 Å². The lowest BCUT2D eigenvalue weighted by Gasteiger charge is -2.34. The molecule has 3 amide bonds. The molecule has 0 spiro atoms. The van der Waals surface area contributed by atoms with Crippen LogP contribution >= 0.6 is 15.9 Å². The van der Waals surface area contributed by atoms with Gasteiger partial charge in [-0.1, -0.05) is 22.0 Å². The molecule has 0 radical (unpaired) electrons. The van der Waals surface area contributed by atoms with Gasteiger partial charge in [-0.15, -0.1) is 6.58 Å². The Balaban J connectivity index is 1.54. The molecule has 0 saturated carbocycles. The Hall–Kier alpha value is -5.40. The molecule has 15 nitrogen and oxygen atoms in total. The first-order valence-corrected chi connectivity index (χ1v) is 16.5. The molecular weight excluding hydrogens is 775 g/mol. The normalized spacial score (nSPS) is 15.1. The van der Waals surface area contributed by atoms with Crippen LogP contribution in [0.2, 0.25) is 0 Å². The van der Waals surface area contributed by atoms with E-state index in [1.807, 2.05) is 0 Å². The molecule has 4 rings (SSSR count). The largest absolute Gasteiger partial charge is 0.479 e. The molecule has 0 fully saturated rings. The molecule has 3 atom stereocenters. The van der Waals surface area contributed by atoms with E-state index in [4.69, 9.17) is 9.84 Å². The molecule has 0 aliphatic carbocycles. The number of fused-ring (bicyclic) bond motifs is 1. The minimum Gasteiger partial charge on any atom is -0.479 e. The quantitative estimate of drug-likeness (QED) is 0.195. The maximum absolute atomic E-state index is 14.0. The van der Waals surface area contributed by atoms with Crippen molar-refractivity contribution in [2.45, 2.75) is 50.7 Å². The van der Waals surface area contributed by atoms with Gasteiger partial charge in [0.1, 0.15) is 12.7 Å². The number of hydrogen-bond acceptors (Lipinski definition) is 11. The van der Waals surface area contributed by atoms with Gasteiger partial charge < -0.3 is 30.3 Å². The molecule has 1 aliphatic rings. The van der Waals surface area contributed by atoms with Gasteiger partial charge in [0, 0.05) is 47.2 Å². The van der Waals surface area contributed by atoms with E-state index in [-0.39, 0.29) is 58.0 Å². The van der Waals surface area contributed by atoms with Crippen molar-refractivity contribution in [2.75, 3.05) is 25.5 Å². The average molecular weight is 809 g/mol. The summed E-state index contributed by atoms with van der Waals surface area (Å²) in [6.07, 6.45) is -9.57. The number of aliphatic hydroxyl groups excluding tert-OH is 2. The number of halogens is 4. The smallest absolute Gasteiger partial charge is 0.417 e. The van der Waals surface area contributed by atoms with Gasteiger partial charge in [-0.3, -0.25) is 19.2 Å². The molecule has 1 aromatic heterocycles. The van der Waals surface area contributed by atoms with E-state index in [0.717, 1.165) is 19.2 Å². The van der Waals surface area contributed by atoms with Crippen molar-refractivity contribution in [1.29, 1.82) is 0 Å². The monoisotopic (exact) mass is 807 g/mol. The van der Waals surface area contributed by atoms with Crippen molar-refractivity contribution in [3.8, 4) is 5.69 Å². The molecule has 53 heavy (non-hydrogen) atoms. The highest BCUT2D eigenvalue weighted by atomic mass is 79.9. The number of aliphatic hydroxyl groups is 2. The molecule has 2 heterocycles. The van der Waals surface area contributed by atoms with Crippen LogP contribution in [0.15, 0.2) is 64.4 Å². The minimum absolute atomic E-state index is 0.00625. The Labute approximate surface area is 307 Å². The van der Waals surface area contributed by atoms with Gasteiger partial charge >= 0.3 is 18.2 Å². The molecule has 2 aromatic carbocycles. The van der Waals surface area contributed by atoms with E-state index < -0.39 is 78.2 Å². The van der Waals surface area contributed by atoms with Crippen LogP contribution in [0.1, 0.15) is 50.9 Å². The standard InChI is InChI=1S/C34H33BrF3N5O10/c1-4-12-39-32-40-24-16-42(29(48)19-7-10-23(35)22(15-19)34(36,37)38)17(2)14-21(24)30(49)43(32)20-8-5-18(6-9-20)28(47)41(3)33(52)53-13-11-25(44)26(45)27(46)31(50)51/h4-10,15,17,26-27,45-46H,1,11-14,16H2,2-3H3,(H,39,40)(H,50,51)/t17-,26?,27?/m1/s1. The number of anilines is 1. The van der Waals surface area contributed by atoms with E-state index in [0.29, 0.717) is 4.90 Å². The average Bonchev–Trinajstić information content (AvgIpc) is 3.12. The van der Waals surface area contributed by atoms with Gasteiger partial charge in [0.25, 0.3) is 17.4 Å². The Morgan fingerprint density at radius 2 is 1.75 bits per heavy atom. The number of ketones is 1. The van der Waals surface area contributed by atoms with Crippen molar-refractivity contribution in [2.24, 2.45) is 0 Å². The number of Topliss-reactive ketones (excluding diaryl/α,β-unsaturated/α-hetero) is 1. The zero-order valence-electron chi connectivity index (χ0n) is 28.1. The third-order valence-corrected chi connectivity index (χ3v) is 8.90. The maximum Gasteiger partial charge on any atom is 0.417 e. The Bertz CT molecular complexity index is 2000. The Morgan fingerprint density at radius 1 is 1.11 bits per heavy atom. The topological polar surface area (TPSA) is 209 Å². The number of aromatic nitrogens is 2. The molecule has 3 aromatic rings. The van der Waals surface area contributed by atoms with Crippen molar-refractivity contribution < 1.29 is 57.2 Å². The Kier molecular flexibility index (Phi) is 12.6. The van der Waals surface area contributed by atoms with Crippen LogP contribution in [-0.2, 0) is 33.5 Å². The predicted molar refractivity (Wildman–Crippen MR) is 183 cm³/mol. The number of carboxylic acid groups (broad SMARTS) is 1. The highest BCUT2D eigenvalue weighted by Crippen LogP contribution is 2.36. The fourth-order valence-electron chi connectivity index (χ4n) is 5.32. The first kappa shape index (κ1) is 40.4. The van der Waals surface area contributed by atoms with Gasteiger partial charge in [-0.25, -0.2) is 24.0 Å². The van der Waals surface area contributed by atoms with Gasteiger partial charge in [-0.05, 0) is 55.8 Å². The highest BCUT2D eigenvalue weighted by molar-refractivity contribution is 9.10. The van der Waals surface area contributed by atoms with Crippen molar-refractivity contribution in [3.63, 3.8) is 0 Å². The lowest BCUT2D eigenvalue weighted by atomic mass is 9.98. The van der Waals surface area contributed by atoms with Crippen LogP contribution in [0.25, 0.3) is 5.69 Å². The van der Waals surface area contributed by atoms with E-state index in [1.165, 1.54) is 45.9 Å². The van der Waals surface area contributed by atoms with Crippen LogP contribution < -0.4 is 10.9 Å². The van der Waals surface area contributed by atoms with Crippen molar-refractivity contribution >= 4 is 51.5 Å². The fraction of sp³-hybridized carbons (Fsp3) is 0.324. The van der Waals surface area contributed by atoms with E-state index in [1.54, 1.807) is 6.92 Å². The second-order valence-corrected chi connectivity index (χ2v) is 12.7. The molecule has 19 heteroatoms. The third-order valence-electron chi connectivity index (χ3n) is 8.20. The molecule has 2 unspecified atom stereocenters. The van der Waals surface area contributed by atoms with Gasteiger partial charge in [0.05, 0.1) is 23.5 Å². The number of benzene rings is 2. The lowest BCUT2D eigenvalue weighted by Crippen LogP contribution is -2.46. The SMILES string of the molecule is C=CCNc1nc2c(c(=O)n1-c1ccc(C(=O)N(C)C(=O)OCCC(=O)C(O)C(O)C(=O)O)cc1)C[C@@H](C)N(C(=O)c1ccc(Br)c(C(F)(F)F)c1)C2. The number of carbonyl (C=O) groups excluding carboxylic acids is 4. The molecule has 0 saturated heterocycles. The summed E-state index contributed by atoms with van der Waals surface area (Å²) in [7, 11) is 1.10. The zero-order chi connectivity index (χ0) is 39.4. The number of nitrogens with one attached hydrogen (secondary N) is 1. The van der Waals surface area contributed by atoms with Gasteiger partial charge in [0.2, 0.25) is 5.95 Å². The molecule has 1 aliphatic heterocycles. The number of hydrogen-bond donors (Lipinski definition) is 4. The van der Waals surface area contributed by atoms with Crippen LogP contribution in [0.4, 0.5) is 23.9 Å². The van der Waals surface area contributed by atoms with Crippen LogP contribution in [0.3, 0.4) is 0 Å². The summed E-state index contributed by atoms with van der Waals surface area (Å²) in [5, 5.41) is 30.5. The molecular formula is C34H33BrF3N5O10. The number of amides is 3. The number of aliphatic carboxylic acids is 1. The van der Waals surface area contributed by atoms with E-state index in [2.05, 4.69) is 32.8 Å². The summed E-state index contributed by atoms with van der Waals surface area (Å²) in [4.78, 5) is 82.0. The van der Waals surface area contributed by atoms with Crippen molar-refractivity contribution in [3.05, 3.63) is 97.9 Å².